The Kier molecular flexibility index (Phi) is 34.0. The zero-order valence-electron chi connectivity index (χ0n) is 39.0. The molecule has 0 aliphatic rings. The highest BCUT2D eigenvalue weighted by molar-refractivity contribution is 8.77. The summed E-state index contributed by atoms with van der Waals surface area (Å²) < 4.78 is 44.2. The molecule has 0 aliphatic carbocycles. The predicted octanol–water partition coefficient (Wildman–Crippen LogP) is 6.49. The monoisotopic (exact) mass is 1090 g/mol. The Morgan fingerprint density at radius 3 is 0.576 bits per heavy atom. The SMILES string of the molecule is CC(S)CC(=O)OCC(COC(=O)CC(C)S)(COC(=O)CC(C)S)COC(=O)CC(C)SSC(C)CC(=O)OCC(COC(=O)CC(C)S)(COC(=O)CC(C)S)COC(=O)CC(C)S. The Balaban J connectivity index is 5.89. The van der Waals surface area contributed by atoms with E-state index < -0.39 is 111 Å². The highest BCUT2D eigenvalue weighted by Gasteiger charge is 2.40. The van der Waals surface area contributed by atoms with Crippen LogP contribution in [0, 0.1) is 10.8 Å². The summed E-state index contributed by atoms with van der Waals surface area (Å²) in [5.41, 5.74) is -2.92. The fraction of sp³-hybridized carbons (Fsp3) is 0.810. The fourth-order valence-corrected chi connectivity index (χ4v) is 8.24. The molecule has 0 aromatic rings. The Labute approximate surface area is 430 Å². The number of hydrogen-bond donors (Lipinski definition) is 6. The quantitative estimate of drug-likeness (QED) is 0.0173. The molecule has 0 heterocycles. The van der Waals surface area contributed by atoms with Crippen molar-refractivity contribution in [2.45, 2.75) is 149 Å². The molecule has 0 bridgehead atoms. The second-order valence-corrected chi connectivity index (χ2v) is 25.3. The summed E-state index contributed by atoms with van der Waals surface area (Å²) in [7, 11) is 2.61. The first-order chi connectivity index (χ1) is 30.6. The normalized spacial score (nSPS) is 16.8. The lowest BCUT2D eigenvalue weighted by molar-refractivity contribution is -0.173. The summed E-state index contributed by atoms with van der Waals surface area (Å²) in [6, 6.07) is 0. The van der Waals surface area contributed by atoms with Gasteiger partial charge in [-0.05, 0) is 0 Å². The predicted molar refractivity (Wildman–Crippen MR) is 274 cm³/mol. The molecule has 0 aromatic carbocycles. The van der Waals surface area contributed by atoms with E-state index in [4.69, 9.17) is 37.9 Å². The summed E-state index contributed by atoms with van der Waals surface area (Å²) in [6.07, 6.45) is -0.418. The van der Waals surface area contributed by atoms with E-state index in [0.29, 0.717) is 0 Å². The zero-order chi connectivity index (χ0) is 50.6. The van der Waals surface area contributed by atoms with E-state index in [1.807, 2.05) is 0 Å². The van der Waals surface area contributed by atoms with Crippen molar-refractivity contribution in [3.63, 3.8) is 0 Å². The van der Waals surface area contributed by atoms with E-state index in [1.165, 1.54) is 21.6 Å². The maximum Gasteiger partial charge on any atom is 0.306 e. The van der Waals surface area contributed by atoms with Gasteiger partial charge in [0.05, 0.1) is 51.4 Å². The van der Waals surface area contributed by atoms with Crippen LogP contribution in [0.15, 0.2) is 0 Å². The Morgan fingerprint density at radius 2 is 0.439 bits per heavy atom. The van der Waals surface area contributed by atoms with Crippen molar-refractivity contribution in [1.29, 1.82) is 0 Å². The highest BCUT2D eigenvalue weighted by Crippen LogP contribution is 2.35. The minimum absolute atomic E-state index is 0.0368. The fourth-order valence-electron chi connectivity index (χ4n) is 5.01. The molecule has 24 heteroatoms. The molecule has 382 valence electrons. The van der Waals surface area contributed by atoms with Crippen molar-refractivity contribution in [3.05, 3.63) is 0 Å². The number of ether oxygens (including phenoxy) is 8. The summed E-state index contributed by atoms with van der Waals surface area (Å²) in [4.78, 5) is 102. The van der Waals surface area contributed by atoms with Crippen molar-refractivity contribution in [3.8, 4) is 0 Å². The van der Waals surface area contributed by atoms with Gasteiger partial charge in [0.25, 0.3) is 0 Å². The number of esters is 8. The standard InChI is InChI=1S/C42H70O16S8/c1-25(59)9-33(43)51-17-41(18-52-34(44)10-26(2)60,19-53-35(45)11-27(3)61)23-57-39(49)15-31(7)65-66-32(8)16-40(50)58-24-42(20-54-36(46)12-28(4)62,21-55-37(47)13-29(5)63)22-56-38(48)14-30(6)64/h25-32,59-64H,9-24H2,1-8H3. The molecular weight excluding hydrogens is 1020 g/mol. The van der Waals surface area contributed by atoms with Crippen LogP contribution in [-0.2, 0) is 76.3 Å². The molecule has 0 rings (SSSR count). The van der Waals surface area contributed by atoms with Crippen molar-refractivity contribution in [2.24, 2.45) is 10.8 Å². The van der Waals surface area contributed by atoms with Gasteiger partial charge >= 0.3 is 47.8 Å². The van der Waals surface area contributed by atoms with E-state index in [1.54, 1.807) is 55.4 Å². The van der Waals surface area contributed by atoms with Crippen LogP contribution in [0.3, 0.4) is 0 Å². The number of rotatable bonds is 35. The van der Waals surface area contributed by atoms with Gasteiger partial charge in [0.1, 0.15) is 63.7 Å². The second kappa shape index (κ2) is 34.8. The summed E-state index contributed by atoms with van der Waals surface area (Å²) in [6.45, 7) is 10.4. The molecule has 0 radical (unpaired) electrons. The molecule has 66 heavy (non-hydrogen) atoms. The summed E-state index contributed by atoms with van der Waals surface area (Å²) >= 11 is 25.4. The maximum absolute atomic E-state index is 13.2. The van der Waals surface area contributed by atoms with Crippen LogP contribution in [-0.4, -0.2) is 143 Å². The zero-order valence-corrected chi connectivity index (χ0v) is 46.0. The summed E-state index contributed by atoms with van der Waals surface area (Å²) in [5, 5.41) is -2.61. The molecule has 0 amide bonds. The van der Waals surface area contributed by atoms with Gasteiger partial charge in [-0.2, -0.15) is 75.8 Å². The van der Waals surface area contributed by atoms with Crippen molar-refractivity contribution < 1.29 is 76.3 Å². The van der Waals surface area contributed by atoms with Crippen LogP contribution in [0.5, 0.6) is 0 Å². The van der Waals surface area contributed by atoms with E-state index >= 15 is 0 Å². The van der Waals surface area contributed by atoms with Gasteiger partial charge in [-0.3, -0.25) is 38.4 Å². The first-order valence-corrected chi connectivity index (χ1v) is 26.7. The van der Waals surface area contributed by atoms with Crippen LogP contribution < -0.4 is 0 Å². The van der Waals surface area contributed by atoms with Gasteiger partial charge in [0, 0.05) is 42.0 Å². The van der Waals surface area contributed by atoms with E-state index in [-0.39, 0.29) is 93.4 Å². The molecule has 0 aromatic heterocycles. The highest BCUT2D eigenvalue weighted by atomic mass is 33.1. The van der Waals surface area contributed by atoms with E-state index in [0.717, 1.165) is 0 Å². The number of carbonyl (C=O) groups excluding carboxylic acids is 8. The van der Waals surface area contributed by atoms with Crippen LogP contribution in [0.2, 0.25) is 0 Å². The number of thiol groups is 6. The van der Waals surface area contributed by atoms with Crippen LogP contribution in [0.1, 0.15) is 107 Å². The van der Waals surface area contributed by atoms with Gasteiger partial charge in [-0.1, -0.05) is 77.0 Å². The first-order valence-electron chi connectivity index (χ1n) is 21.3. The van der Waals surface area contributed by atoms with Gasteiger partial charge < -0.3 is 37.9 Å². The topological polar surface area (TPSA) is 210 Å². The third-order valence-electron chi connectivity index (χ3n) is 8.38. The van der Waals surface area contributed by atoms with Crippen LogP contribution in [0.25, 0.3) is 0 Å². The third-order valence-corrected chi connectivity index (χ3v) is 12.9. The lowest BCUT2D eigenvalue weighted by Gasteiger charge is -2.32. The molecule has 0 spiro atoms. The van der Waals surface area contributed by atoms with Crippen LogP contribution in [0.4, 0.5) is 0 Å². The molecule has 0 aliphatic heterocycles. The molecule has 0 fully saturated rings. The van der Waals surface area contributed by atoms with E-state index in [2.05, 4.69) is 75.8 Å². The summed E-state index contributed by atoms with van der Waals surface area (Å²) in [5.74, 6) is -4.98. The van der Waals surface area contributed by atoms with Gasteiger partial charge in [0.15, 0.2) is 0 Å². The average Bonchev–Trinajstić information content (AvgIpc) is 3.17. The molecular formula is C42H70O16S8. The molecule has 0 saturated carbocycles. The molecule has 16 nitrogen and oxygen atoms in total. The molecule has 0 saturated heterocycles. The van der Waals surface area contributed by atoms with Gasteiger partial charge in [-0.15, -0.1) is 0 Å². The largest absolute Gasteiger partial charge is 0.465 e. The minimum atomic E-state index is -1.46. The van der Waals surface area contributed by atoms with Crippen LogP contribution >= 0.6 is 97.4 Å². The molecule has 0 N–H and O–H groups in total. The van der Waals surface area contributed by atoms with Crippen molar-refractivity contribution in [2.75, 3.05) is 52.9 Å². The lowest BCUT2D eigenvalue weighted by Crippen LogP contribution is -2.44. The Morgan fingerprint density at radius 1 is 0.303 bits per heavy atom. The van der Waals surface area contributed by atoms with E-state index in [9.17, 15) is 38.4 Å². The van der Waals surface area contributed by atoms with Gasteiger partial charge in [-0.25, -0.2) is 0 Å². The average molecular weight is 1090 g/mol. The minimum Gasteiger partial charge on any atom is -0.465 e. The molecule has 8 atom stereocenters. The number of hydrogen-bond acceptors (Lipinski definition) is 24. The molecule has 8 unspecified atom stereocenters. The van der Waals surface area contributed by atoms with Crippen molar-refractivity contribution >= 4 is 145 Å². The Bertz CT molecular complexity index is 1290. The number of carbonyl (C=O) groups is 8. The maximum atomic E-state index is 13.2. The van der Waals surface area contributed by atoms with Crippen molar-refractivity contribution in [1.82, 2.24) is 0 Å². The third kappa shape index (κ3) is 34.0. The second-order valence-electron chi connectivity index (χ2n) is 16.8. The first kappa shape index (κ1) is 64.6. The van der Waals surface area contributed by atoms with Gasteiger partial charge in [0.2, 0.25) is 0 Å². The smallest absolute Gasteiger partial charge is 0.306 e. The Hall–Kier alpha value is -1.44. The lowest BCUT2D eigenvalue weighted by atomic mass is 9.92.